The van der Waals surface area contributed by atoms with Gasteiger partial charge in [0.2, 0.25) is 5.91 Å². The van der Waals surface area contributed by atoms with Gasteiger partial charge in [-0.15, -0.1) is 0 Å². The Bertz CT molecular complexity index is 341. The van der Waals surface area contributed by atoms with Gasteiger partial charge >= 0.3 is 5.97 Å². The molecule has 1 heterocycles. The van der Waals surface area contributed by atoms with Gasteiger partial charge in [-0.2, -0.15) is 0 Å². The molecule has 0 aliphatic heterocycles. The third-order valence-electron chi connectivity index (χ3n) is 1.80. The molecule has 0 radical (unpaired) electrons. The van der Waals surface area contributed by atoms with Crippen molar-refractivity contribution < 1.29 is 14.3 Å². The molecule has 1 rings (SSSR count). The molecule has 4 heteroatoms. The zero-order valence-corrected chi connectivity index (χ0v) is 8.39. The van der Waals surface area contributed by atoms with Crippen LogP contribution in [0.1, 0.15) is 17.6 Å². The van der Waals surface area contributed by atoms with Crippen LogP contribution in [-0.2, 0) is 9.53 Å². The van der Waals surface area contributed by atoms with Crippen molar-refractivity contribution in [2.24, 2.45) is 0 Å². The van der Waals surface area contributed by atoms with Crippen molar-refractivity contribution in [3.8, 4) is 0 Å². The molecule has 0 atom stereocenters. The lowest BCUT2D eigenvalue weighted by molar-refractivity contribution is -0.142. The minimum Gasteiger partial charge on any atom is -0.461 e. The second kappa shape index (κ2) is 5.80. The van der Waals surface area contributed by atoms with Gasteiger partial charge in [0, 0.05) is 18.8 Å². The van der Waals surface area contributed by atoms with Gasteiger partial charge in [-0.25, -0.2) is 0 Å². The number of carbonyl (C=O) groups is 2. The molecule has 1 aromatic rings. The number of hydrogen-bond acceptors (Lipinski definition) is 3. The van der Waals surface area contributed by atoms with Crippen LogP contribution < -0.4 is 0 Å². The lowest BCUT2D eigenvalue weighted by Crippen LogP contribution is -2.12. The molecule has 80 valence electrons. The Kier molecular flexibility index (Phi) is 4.34. The Hall–Kier alpha value is -1.84. The molecule has 0 bridgehead atoms. The Morgan fingerprint density at radius 2 is 1.93 bits per heavy atom. The lowest BCUT2D eigenvalue weighted by Gasteiger charge is -2.02. The summed E-state index contributed by atoms with van der Waals surface area (Å²) in [5.74, 6) is -0.494. The van der Waals surface area contributed by atoms with Crippen molar-refractivity contribution in [3.05, 3.63) is 37.2 Å². The van der Waals surface area contributed by atoms with Crippen LogP contribution in [0.2, 0.25) is 0 Å². The van der Waals surface area contributed by atoms with Gasteiger partial charge in [-0.05, 0) is 12.1 Å². The molecule has 0 unspecified atom stereocenters. The second-order valence-electron chi connectivity index (χ2n) is 2.96. The summed E-state index contributed by atoms with van der Waals surface area (Å²) in [6.07, 6.45) is 5.05. The molecule has 0 spiro atoms. The summed E-state index contributed by atoms with van der Waals surface area (Å²) in [6, 6.07) is 3.52. The van der Waals surface area contributed by atoms with Gasteiger partial charge in [0.15, 0.2) is 0 Å². The quantitative estimate of drug-likeness (QED) is 0.544. The van der Waals surface area contributed by atoms with Crippen molar-refractivity contribution in [1.29, 1.82) is 0 Å². The Balaban J connectivity index is 2.28. The van der Waals surface area contributed by atoms with Crippen molar-refractivity contribution >= 4 is 11.9 Å². The van der Waals surface area contributed by atoms with E-state index in [1.165, 1.54) is 10.6 Å². The number of aromatic nitrogens is 1. The molecule has 1 aromatic heterocycles. The highest BCUT2D eigenvalue weighted by Crippen LogP contribution is 1.99. The van der Waals surface area contributed by atoms with Crippen LogP contribution in [0.15, 0.2) is 37.2 Å². The van der Waals surface area contributed by atoms with Gasteiger partial charge in [0.25, 0.3) is 0 Å². The number of carbonyl (C=O) groups excluding carboxylic acids is 2. The first-order chi connectivity index (χ1) is 7.24. The van der Waals surface area contributed by atoms with Crippen LogP contribution in [0, 0.1) is 0 Å². The molecule has 0 fully saturated rings. The van der Waals surface area contributed by atoms with Crippen LogP contribution in [0.3, 0.4) is 0 Å². The first-order valence-electron chi connectivity index (χ1n) is 4.66. The summed E-state index contributed by atoms with van der Waals surface area (Å²) < 4.78 is 6.19. The lowest BCUT2D eigenvalue weighted by atomic mass is 10.3. The van der Waals surface area contributed by atoms with Crippen LogP contribution in [0.5, 0.6) is 0 Å². The number of rotatable bonds is 5. The van der Waals surface area contributed by atoms with Crippen molar-refractivity contribution in [2.45, 2.75) is 12.8 Å². The fourth-order valence-corrected chi connectivity index (χ4v) is 1.06. The number of nitrogens with zero attached hydrogens (tertiary/aromatic N) is 1. The number of esters is 1. The molecular formula is C11H13NO3. The summed E-state index contributed by atoms with van der Waals surface area (Å²) >= 11 is 0. The molecule has 0 aromatic carbocycles. The molecule has 0 amide bonds. The Morgan fingerprint density at radius 1 is 1.27 bits per heavy atom. The summed E-state index contributed by atoms with van der Waals surface area (Å²) in [7, 11) is 0. The summed E-state index contributed by atoms with van der Waals surface area (Å²) in [5.41, 5.74) is 0. The van der Waals surface area contributed by atoms with Gasteiger partial charge in [-0.3, -0.25) is 14.2 Å². The topological polar surface area (TPSA) is 48.3 Å². The van der Waals surface area contributed by atoms with E-state index in [9.17, 15) is 9.59 Å². The van der Waals surface area contributed by atoms with Crippen LogP contribution in [-0.4, -0.2) is 23.1 Å². The maximum absolute atomic E-state index is 11.4. The molecule has 0 saturated heterocycles. The fourth-order valence-electron chi connectivity index (χ4n) is 1.06. The Labute approximate surface area is 88.2 Å². The maximum Gasteiger partial charge on any atom is 0.306 e. The molecular weight excluding hydrogens is 194 g/mol. The standard InChI is InChI=1S/C11H13NO3/c1-2-9-15-11(14)6-5-10(13)12-7-3-4-8-12/h2-4,7-8H,1,5-6,9H2. The average Bonchev–Trinajstić information content (AvgIpc) is 2.76. The first-order valence-corrected chi connectivity index (χ1v) is 4.66. The zero-order chi connectivity index (χ0) is 11.1. The van der Waals surface area contributed by atoms with Gasteiger partial charge in [-0.1, -0.05) is 12.7 Å². The summed E-state index contributed by atoms with van der Waals surface area (Å²) in [6.45, 7) is 3.61. The highest BCUT2D eigenvalue weighted by atomic mass is 16.5. The highest BCUT2D eigenvalue weighted by Gasteiger charge is 2.08. The van der Waals surface area contributed by atoms with E-state index in [0.717, 1.165) is 0 Å². The molecule has 0 saturated carbocycles. The third-order valence-corrected chi connectivity index (χ3v) is 1.80. The van der Waals surface area contributed by atoms with E-state index in [1.54, 1.807) is 24.5 Å². The summed E-state index contributed by atoms with van der Waals surface area (Å²) in [4.78, 5) is 22.5. The van der Waals surface area contributed by atoms with E-state index in [4.69, 9.17) is 4.74 Å². The van der Waals surface area contributed by atoms with Gasteiger partial charge in [0.05, 0.1) is 6.42 Å². The van der Waals surface area contributed by atoms with E-state index >= 15 is 0 Å². The SMILES string of the molecule is C=CCOC(=O)CCC(=O)n1cccc1. The van der Waals surface area contributed by atoms with E-state index in [2.05, 4.69) is 6.58 Å². The third kappa shape index (κ3) is 3.81. The molecule has 0 N–H and O–H groups in total. The van der Waals surface area contributed by atoms with Crippen molar-refractivity contribution in [2.75, 3.05) is 6.61 Å². The van der Waals surface area contributed by atoms with E-state index < -0.39 is 0 Å². The highest BCUT2D eigenvalue weighted by molar-refractivity contribution is 5.83. The van der Waals surface area contributed by atoms with Crippen LogP contribution >= 0.6 is 0 Å². The first kappa shape index (κ1) is 11.2. The van der Waals surface area contributed by atoms with E-state index in [1.807, 2.05) is 0 Å². The average molecular weight is 207 g/mol. The zero-order valence-electron chi connectivity index (χ0n) is 8.39. The minimum atomic E-state index is -0.379. The van der Waals surface area contributed by atoms with Crippen LogP contribution in [0.25, 0.3) is 0 Å². The number of hydrogen-bond donors (Lipinski definition) is 0. The maximum atomic E-state index is 11.4. The normalized spacial score (nSPS) is 9.60. The van der Waals surface area contributed by atoms with Crippen LogP contribution in [0.4, 0.5) is 0 Å². The minimum absolute atomic E-state index is 0.102. The number of ether oxygens (including phenoxy) is 1. The fraction of sp³-hybridized carbons (Fsp3) is 0.273. The molecule has 15 heavy (non-hydrogen) atoms. The predicted octanol–water partition coefficient (Wildman–Crippen LogP) is 1.64. The molecule has 0 aliphatic rings. The van der Waals surface area contributed by atoms with E-state index in [0.29, 0.717) is 0 Å². The Morgan fingerprint density at radius 3 is 2.53 bits per heavy atom. The summed E-state index contributed by atoms with van der Waals surface area (Å²) in [5, 5.41) is 0. The predicted molar refractivity (Wildman–Crippen MR) is 55.4 cm³/mol. The van der Waals surface area contributed by atoms with E-state index in [-0.39, 0.29) is 31.3 Å². The second-order valence-corrected chi connectivity index (χ2v) is 2.96. The van der Waals surface area contributed by atoms with Crippen molar-refractivity contribution in [3.63, 3.8) is 0 Å². The van der Waals surface area contributed by atoms with Gasteiger partial charge in [0.1, 0.15) is 6.61 Å². The van der Waals surface area contributed by atoms with Crippen molar-refractivity contribution in [1.82, 2.24) is 4.57 Å². The monoisotopic (exact) mass is 207 g/mol. The molecule has 0 aliphatic carbocycles. The largest absolute Gasteiger partial charge is 0.461 e. The molecule has 4 nitrogen and oxygen atoms in total. The van der Waals surface area contributed by atoms with Gasteiger partial charge < -0.3 is 4.74 Å². The smallest absolute Gasteiger partial charge is 0.306 e.